The maximum absolute atomic E-state index is 13.8. The first-order chi connectivity index (χ1) is 21.9. The van der Waals surface area contributed by atoms with E-state index in [0.29, 0.717) is 28.9 Å². The summed E-state index contributed by atoms with van der Waals surface area (Å²) in [5.41, 5.74) is 0.703. The number of carboxylic acid groups (broad SMARTS) is 1. The van der Waals surface area contributed by atoms with Crippen molar-refractivity contribution < 1.29 is 42.9 Å². The van der Waals surface area contributed by atoms with Crippen LogP contribution in [0.1, 0.15) is 43.1 Å². The van der Waals surface area contributed by atoms with Crippen LogP contribution in [0.3, 0.4) is 0 Å². The first kappa shape index (κ1) is 34.4. The number of aliphatic hydroxyl groups is 1. The number of hydrogen-bond acceptors (Lipinski definition) is 7. The van der Waals surface area contributed by atoms with Gasteiger partial charge in [0, 0.05) is 5.75 Å². The van der Waals surface area contributed by atoms with Crippen LogP contribution in [0.15, 0.2) is 72.8 Å². The van der Waals surface area contributed by atoms with E-state index in [1.807, 2.05) is 6.92 Å². The summed E-state index contributed by atoms with van der Waals surface area (Å²) >= 11 is 1.21. The third-order valence-corrected chi connectivity index (χ3v) is 9.26. The summed E-state index contributed by atoms with van der Waals surface area (Å²) in [6, 6.07) is 16.7. The Labute approximate surface area is 268 Å². The van der Waals surface area contributed by atoms with Gasteiger partial charge in [0.05, 0.1) is 12.6 Å². The number of nitrogens with one attached hydrogen (secondary N) is 3. The van der Waals surface area contributed by atoms with Crippen LogP contribution in [0.2, 0.25) is 0 Å². The third-order valence-electron chi connectivity index (χ3n) is 7.85. The molecule has 46 heavy (non-hydrogen) atoms. The number of amides is 3. The molecule has 0 spiro atoms. The predicted octanol–water partition coefficient (Wildman–Crippen LogP) is 3.28. The van der Waals surface area contributed by atoms with Gasteiger partial charge in [-0.3, -0.25) is 14.4 Å². The Morgan fingerprint density at radius 2 is 1.52 bits per heavy atom. The Balaban J connectivity index is 1.41. The number of carboxylic acids is 1. The van der Waals surface area contributed by atoms with Crippen LogP contribution in [-0.2, 0) is 24.7 Å². The van der Waals surface area contributed by atoms with Crippen LogP contribution < -0.4 is 20.7 Å². The number of ether oxygens (including phenoxy) is 1. The summed E-state index contributed by atoms with van der Waals surface area (Å²) in [7, 11) is 0. The molecule has 3 aromatic carbocycles. The number of thioether (sulfide) groups is 1. The van der Waals surface area contributed by atoms with Crippen molar-refractivity contribution in [2.75, 3.05) is 18.9 Å². The van der Waals surface area contributed by atoms with Gasteiger partial charge in [-0.2, -0.15) is 0 Å². The van der Waals surface area contributed by atoms with Gasteiger partial charge in [-0.1, -0.05) is 56.7 Å². The van der Waals surface area contributed by atoms with Crippen LogP contribution in [0.5, 0.6) is 5.75 Å². The lowest BCUT2D eigenvalue weighted by Gasteiger charge is -2.50. The molecule has 0 bridgehead atoms. The van der Waals surface area contributed by atoms with Crippen LogP contribution in [0.4, 0.5) is 8.78 Å². The lowest BCUT2D eigenvalue weighted by Crippen LogP contribution is -2.69. The van der Waals surface area contributed by atoms with Crippen molar-refractivity contribution in [3.05, 3.63) is 101 Å². The first-order valence-electron chi connectivity index (χ1n) is 14.6. The SMILES string of the molecule is CC[C@H](C)[C@H](NC(=O)CNC(=O)COc1ccc([C@]2(c3ccc(F)cc3)NC(=O)[C@@H]2SCC(O)c2ccc(F)cc2)cc1)C(=O)O. The second-order valence-electron chi connectivity index (χ2n) is 10.9. The van der Waals surface area contributed by atoms with Gasteiger partial charge in [0.1, 0.15) is 34.2 Å². The number of benzene rings is 3. The third kappa shape index (κ3) is 8.01. The van der Waals surface area contributed by atoms with E-state index in [9.17, 15) is 38.2 Å². The molecule has 1 aliphatic heterocycles. The second kappa shape index (κ2) is 15.2. The summed E-state index contributed by atoms with van der Waals surface area (Å²) in [6.45, 7) is 2.68. The van der Waals surface area contributed by atoms with Gasteiger partial charge in [-0.05, 0) is 59.0 Å². The van der Waals surface area contributed by atoms with Crippen molar-refractivity contribution >= 4 is 35.5 Å². The predicted molar refractivity (Wildman–Crippen MR) is 167 cm³/mol. The maximum Gasteiger partial charge on any atom is 0.326 e. The fourth-order valence-electron chi connectivity index (χ4n) is 5.04. The molecule has 5 N–H and O–H groups in total. The van der Waals surface area contributed by atoms with Gasteiger partial charge in [0.2, 0.25) is 11.8 Å². The molecule has 5 atom stereocenters. The number of halogens is 2. The highest BCUT2D eigenvalue weighted by Crippen LogP contribution is 2.46. The normalized spacial score (nSPS) is 19.2. The molecular formula is C33H35F2N3O7S. The molecule has 1 aliphatic rings. The Kier molecular flexibility index (Phi) is 11.4. The molecule has 1 saturated heterocycles. The lowest BCUT2D eigenvalue weighted by molar-refractivity contribution is -0.143. The fraction of sp³-hybridized carbons (Fsp3) is 0.333. The number of aliphatic hydroxyl groups excluding tert-OH is 1. The Morgan fingerprint density at radius 3 is 2.07 bits per heavy atom. The number of carbonyl (C=O) groups is 4. The highest BCUT2D eigenvalue weighted by atomic mass is 32.2. The minimum atomic E-state index is -1.16. The zero-order chi connectivity index (χ0) is 33.4. The molecule has 244 valence electrons. The molecule has 3 aromatic rings. The molecule has 0 saturated carbocycles. The molecule has 0 aromatic heterocycles. The number of β-lactam (4-membered cyclic amide) rings is 1. The van der Waals surface area contributed by atoms with E-state index in [2.05, 4.69) is 16.0 Å². The quantitative estimate of drug-likeness (QED) is 0.156. The van der Waals surface area contributed by atoms with Crippen LogP contribution in [-0.4, -0.2) is 64.1 Å². The molecular weight excluding hydrogens is 620 g/mol. The lowest BCUT2D eigenvalue weighted by atomic mass is 9.74. The van der Waals surface area contributed by atoms with Crippen molar-refractivity contribution in [2.45, 2.75) is 43.2 Å². The van der Waals surface area contributed by atoms with Gasteiger partial charge >= 0.3 is 5.97 Å². The average Bonchev–Trinajstić information content (AvgIpc) is 3.04. The maximum atomic E-state index is 13.8. The number of carbonyl (C=O) groups excluding carboxylic acids is 3. The molecule has 10 nitrogen and oxygen atoms in total. The van der Waals surface area contributed by atoms with Gasteiger partial charge < -0.3 is 30.9 Å². The van der Waals surface area contributed by atoms with Gasteiger partial charge in [0.15, 0.2) is 6.61 Å². The summed E-state index contributed by atoms with van der Waals surface area (Å²) in [5, 5.41) is 27.1. The molecule has 1 heterocycles. The molecule has 0 aliphatic carbocycles. The minimum Gasteiger partial charge on any atom is -0.484 e. The van der Waals surface area contributed by atoms with E-state index in [4.69, 9.17) is 4.74 Å². The van der Waals surface area contributed by atoms with E-state index in [0.717, 1.165) is 0 Å². The molecule has 1 fully saturated rings. The standard InChI is InChI=1S/C33H35F2N3O7S/c1-3-19(2)29(32(43)44)37-27(40)16-36-28(41)17-45-25-14-8-22(9-15-25)33(21-6-12-24(35)13-7-21)30(31(42)38-33)46-18-26(39)20-4-10-23(34)11-5-20/h4-15,19,26,29-30,39H,3,16-18H2,1-2H3,(H,36,41)(H,37,40)(H,38,42)(H,43,44)/t19-,26?,29-,30-,33-/m0/s1. The zero-order valence-electron chi connectivity index (χ0n) is 25.2. The van der Waals surface area contributed by atoms with E-state index < -0.39 is 65.5 Å². The Bertz CT molecular complexity index is 1540. The largest absolute Gasteiger partial charge is 0.484 e. The smallest absolute Gasteiger partial charge is 0.326 e. The molecule has 13 heteroatoms. The zero-order valence-corrected chi connectivity index (χ0v) is 26.0. The molecule has 0 radical (unpaired) electrons. The van der Waals surface area contributed by atoms with E-state index in [1.54, 1.807) is 43.3 Å². The van der Waals surface area contributed by atoms with Crippen LogP contribution >= 0.6 is 11.8 Å². The number of aliphatic carboxylic acids is 1. The van der Waals surface area contributed by atoms with Gasteiger partial charge in [0.25, 0.3) is 5.91 Å². The summed E-state index contributed by atoms with van der Waals surface area (Å²) in [5.74, 6) is -3.39. The van der Waals surface area contributed by atoms with E-state index in [1.165, 1.54) is 48.2 Å². The summed E-state index contributed by atoms with van der Waals surface area (Å²) in [4.78, 5) is 48.8. The molecule has 3 amide bonds. The summed E-state index contributed by atoms with van der Waals surface area (Å²) in [6.07, 6.45) is -0.412. The highest BCUT2D eigenvalue weighted by Gasteiger charge is 2.56. The van der Waals surface area contributed by atoms with E-state index in [-0.39, 0.29) is 17.6 Å². The Morgan fingerprint density at radius 1 is 0.957 bits per heavy atom. The van der Waals surface area contributed by atoms with E-state index >= 15 is 0 Å². The van der Waals surface area contributed by atoms with Crippen molar-refractivity contribution in [2.24, 2.45) is 5.92 Å². The van der Waals surface area contributed by atoms with Crippen molar-refractivity contribution in [1.29, 1.82) is 0 Å². The van der Waals surface area contributed by atoms with Crippen molar-refractivity contribution in [3.63, 3.8) is 0 Å². The van der Waals surface area contributed by atoms with Crippen LogP contribution in [0, 0.1) is 17.6 Å². The Hall–Kier alpha value is -4.49. The number of rotatable bonds is 15. The second-order valence-corrected chi connectivity index (χ2v) is 12.1. The highest BCUT2D eigenvalue weighted by molar-refractivity contribution is 8.00. The molecule has 4 rings (SSSR count). The van der Waals surface area contributed by atoms with Crippen LogP contribution in [0.25, 0.3) is 0 Å². The summed E-state index contributed by atoms with van der Waals surface area (Å²) < 4.78 is 32.7. The topological polar surface area (TPSA) is 154 Å². The van der Waals surface area contributed by atoms with Gasteiger partial charge in [-0.25, -0.2) is 13.6 Å². The van der Waals surface area contributed by atoms with Crippen molar-refractivity contribution in [1.82, 2.24) is 16.0 Å². The molecule has 1 unspecified atom stereocenters. The van der Waals surface area contributed by atoms with Crippen molar-refractivity contribution in [3.8, 4) is 5.75 Å². The fourth-order valence-corrected chi connectivity index (χ4v) is 6.40. The average molecular weight is 656 g/mol. The van der Waals surface area contributed by atoms with Gasteiger partial charge in [-0.15, -0.1) is 11.8 Å². The monoisotopic (exact) mass is 655 g/mol. The minimum absolute atomic E-state index is 0.135. The first-order valence-corrected chi connectivity index (χ1v) is 15.6. The number of hydrogen-bond donors (Lipinski definition) is 5.